The van der Waals surface area contributed by atoms with Gasteiger partial charge in [-0.25, -0.2) is 8.42 Å². The zero-order valence-electron chi connectivity index (χ0n) is 13.6. The molecule has 0 aromatic heterocycles. The van der Waals surface area contributed by atoms with Gasteiger partial charge < -0.3 is 9.64 Å². The Labute approximate surface area is 134 Å². The minimum Gasteiger partial charge on any atom is -0.378 e. The summed E-state index contributed by atoms with van der Waals surface area (Å²) in [6.45, 7) is 4.12. The number of sulfone groups is 1. The average Bonchev–Trinajstić information content (AvgIpc) is 2.92. The van der Waals surface area contributed by atoms with Gasteiger partial charge in [-0.05, 0) is 38.5 Å². The number of nitrogens with zero attached hydrogens (tertiary/aromatic N) is 1. The molecule has 0 radical (unpaired) electrons. The first-order valence-corrected chi connectivity index (χ1v) is 10.4. The van der Waals surface area contributed by atoms with Crippen LogP contribution in [0.25, 0.3) is 0 Å². The number of carbonyl (C=O) groups is 1. The van der Waals surface area contributed by atoms with Crippen molar-refractivity contribution in [1.82, 2.24) is 4.90 Å². The van der Waals surface area contributed by atoms with Crippen LogP contribution in [0.3, 0.4) is 0 Å². The lowest BCUT2D eigenvalue weighted by molar-refractivity contribution is -0.128. The molecule has 2 fully saturated rings. The maximum atomic E-state index is 12.3. The second kappa shape index (κ2) is 8.29. The molecule has 0 aromatic rings. The summed E-state index contributed by atoms with van der Waals surface area (Å²) in [5.41, 5.74) is 0. The SMILES string of the molecule is CCCOC1CCCN(C(=O)CS(=O)(=O)C2CCCC2)CC1. The highest BCUT2D eigenvalue weighted by Crippen LogP contribution is 2.25. The van der Waals surface area contributed by atoms with E-state index >= 15 is 0 Å². The molecule has 0 aromatic carbocycles. The van der Waals surface area contributed by atoms with Crippen molar-refractivity contribution in [3.05, 3.63) is 0 Å². The zero-order valence-corrected chi connectivity index (χ0v) is 14.4. The van der Waals surface area contributed by atoms with E-state index in [2.05, 4.69) is 6.92 Å². The van der Waals surface area contributed by atoms with Crippen LogP contribution in [0.15, 0.2) is 0 Å². The van der Waals surface area contributed by atoms with Crippen LogP contribution >= 0.6 is 0 Å². The fourth-order valence-electron chi connectivity index (χ4n) is 3.40. The third-order valence-corrected chi connectivity index (χ3v) is 6.86. The van der Waals surface area contributed by atoms with Crippen LogP contribution in [0.4, 0.5) is 0 Å². The molecule has 0 bridgehead atoms. The molecule has 1 aliphatic heterocycles. The van der Waals surface area contributed by atoms with Crippen LogP contribution in [0, 0.1) is 0 Å². The lowest BCUT2D eigenvalue weighted by Gasteiger charge is -2.21. The molecule has 6 heteroatoms. The summed E-state index contributed by atoms with van der Waals surface area (Å²) in [4.78, 5) is 14.1. The molecule has 1 aliphatic carbocycles. The Hall–Kier alpha value is -0.620. The normalized spacial score (nSPS) is 24.4. The number of likely N-dealkylation sites (tertiary alicyclic amines) is 1. The van der Waals surface area contributed by atoms with Gasteiger partial charge in [0.1, 0.15) is 5.75 Å². The second-order valence-corrected chi connectivity index (χ2v) is 8.80. The van der Waals surface area contributed by atoms with Gasteiger partial charge in [0.25, 0.3) is 0 Å². The van der Waals surface area contributed by atoms with E-state index in [-0.39, 0.29) is 23.0 Å². The van der Waals surface area contributed by atoms with Gasteiger partial charge in [-0.2, -0.15) is 0 Å². The molecule has 0 spiro atoms. The van der Waals surface area contributed by atoms with Gasteiger partial charge >= 0.3 is 0 Å². The first-order valence-electron chi connectivity index (χ1n) is 8.64. The van der Waals surface area contributed by atoms with Crippen molar-refractivity contribution in [1.29, 1.82) is 0 Å². The van der Waals surface area contributed by atoms with E-state index in [1.165, 1.54) is 0 Å². The topological polar surface area (TPSA) is 63.7 Å². The molecule has 5 nitrogen and oxygen atoms in total. The van der Waals surface area contributed by atoms with E-state index < -0.39 is 9.84 Å². The molecule has 2 rings (SSSR count). The summed E-state index contributed by atoms with van der Waals surface area (Å²) in [5.74, 6) is -0.527. The van der Waals surface area contributed by atoms with Crippen LogP contribution in [-0.2, 0) is 19.4 Å². The van der Waals surface area contributed by atoms with Crippen molar-refractivity contribution >= 4 is 15.7 Å². The average molecular weight is 331 g/mol. The number of hydrogen-bond donors (Lipinski definition) is 0. The number of ether oxygens (including phenoxy) is 1. The Morgan fingerprint density at radius 2 is 1.82 bits per heavy atom. The highest BCUT2D eigenvalue weighted by atomic mass is 32.2. The largest absolute Gasteiger partial charge is 0.378 e. The molecule has 1 heterocycles. The van der Waals surface area contributed by atoms with Crippen LogP contribution in [-0.4, -0.2) is 56.0 Å². The van der Waals surface area contributed by atoms with Crippen molar-refractivity contribution in [3.63, 3.8) is 0 Å². The number of rotatable bonds is 6. The lowest BCUT2D eigenvalue weighted by Crippen LogP contribution is -2.38. The number of carbonyl (C=O) groups excluding carboxylic acids is 1. The van der Waals surface area contributed by atoms with E-state index in [9.17, 15) is 13.2 Å². The fourth-order valence-corrected chi connectivity index (χ4v) is 5.21. The van der Waals surface area contributed by atoms with Crippen molar-refractivity contribution < 1.29 is 17.9 Å². The van der Waals surface area contributed by atoms with Gasteiger partial charge in [0.05, 0.1) is 11.4 Å². The minimum absolute atomic E-state index is 0.212. The van der Waals surface area contributed by atoms with E-state index in [0.29, 0.717) is 13.1 Å². The van der Waals surface area contributed by atoms with Gasteiger partial charge in [-0.3, -0.25) is 4.79 Å². The number of amides is 1. The van der Waals surface area contributed by atoms with Crippen LogP contribution in [0.5, 0.6) is 0 Å². The molecule has 1 atom stereocenters. The minimum atomic E-state index is -3.27. The molecular formula is C16H29NO4S. The molecule has 128 valence electrons. The molecule has 1 saturated carbocycles. The van der Waals surface area contributed by atoms with E-state index in [1.54, 1.807) is 4.90 Å². The second-order valence-electron chi connectivity index (χ2n) is 6.52. The molecular weight excluding hydrogens is 302 g/mol. The molecule has 1 saturated heterocycles. The third-order valence-electron chi connectivity index (χ3n) is 4.72. The fraction of sp³-hybridized carbons (Fsp3) is 0.938. The van der Waals surface area contributed by atoms with Crippen molar-refractivity contribution in [3.8, 4) is 0 Å². The summed E-state index contributed by atoms with van der Waals surface area (Å²) in [5, 5.41) is -0.288. The summed E-state index contributed by atoms with van der Waals surface area (Å²) < 4.78 is 30.4. The summed E-state index contributed by atoms with van der Waals surface area (Å²) in [6.07, 6.45) is 7.27. The maximum Gasteiger partial charge on any atom is 0.237 e. The first kappa shape index (κ1) is 17.7. The molecule has 22 heavy (non-hydrogen) atoms. The highest BCUT2D eigenvalue weighted by molar-refractivity contribution is 7.92. The predicted molar refractivity (Wildman–Crippen MR) is 86.5 cm³/mol. The van der Waals surface area contributed by atoms with Crippen molar-refractivity contribution in [2.24, 2.45) is 0 Å². The van der Waals surface area contributed by atoms with Crippen LogP contribution in [0.1, 0.15) is 58.3 Å². The van der Waals surface area contributed by atoms with Crippen molar-refractivity contribution in [2.75, 3.05) is 25.4 Å². The Morgan fingerprint density at radius 1 is 1.09 bits per heavy atom. The molecule has 1 unspecified atom stereocenters. The van der Waals surface area contributed by atoms with Gasteiger partial charge in [-0.1, -0.05) is 19.8 Å². The predicted octanol–water partition coefficient (Wildman–Crippen LogP) is 2.15. The maximum absolute atomic E-state index is 12.3. The molecule has 2 aliphatic rings. The molecule has 0 N–H and O–H groups in total. The summed E-state index contributed by atoms with van der Waals surface area (Å²) >= 11 is 0. The van der Waals surface area contributed by atoms with E-state index in [1.807, 2.05) is 0 Å². The standard InChI is InChI=1S/C16H29NO4S/c1-2-12-21-14-6-5-10-17(11-9-14)16(18)13-22(19,20)15-7-3-4-8-15/h14-15H,2-13H2,1H3. The molecule has 1 amide bonds. The summed E-state index contributed by atoms with van der Waals surface area (Å²) in [7, 11) is -3.27. The van der Waals surface area contributed by atoms with Gasteiger partial charge in [0.15, 0.2) is 9.84 Å². The number of hydrogen-bond acceptors (Lipinski definition) is 4. The first-order chi connectivity index (χ1) is 10.5. The Morgan fingerprint density at radius 3 is 2.50 bits per heavy atom. The van der Waals surface area contributed by atoms with Gasteiger partial charge in [0.2, 0.25) is 5.91 Å². The van der Waals surface area contributed by atoms with Crippen molar-refractivity contribution in [2.45, 2.75) is 69.6 Å². The Balaban J connectivity index is 1.84. The van der Waals surface area contributed by atoms with Crippen LogP contribution in [0.2, 0.25) is 0 Å². The van der Waals surface area contributed by atoms with Crippen LogP contribution < -0.4 is 0 Å². The summed E-state index contributed by atoms with van der Waals surface area (Å²) in [6, 6.07) is 0. The highest BCUT2D eigenvalue weighted by Gasteiger charge is 2.32. The third kappa shape index (κ3) is 4.95. The Kier molecular flexibility index (Phi) is 6.68. The lowest BCUT2D eigenvalue weighted by atomic mass is 10.2. The van der Waals surface area contributed by atoms with Gasteiger partial charge in [-0.15, -0.1) is 0 Å². The van der Waals surface area contributed by atoms with Gasteiger partial charge in [0, 0.05) is 19.7 Å². The zero-order chi connectivity index (χ0) is 16.0. The smallest absolute Gasteiger partial charge is 0.237 e. The van der Waals surface area contributed by atoms with E-state index in [4.69, 9.17) is 4.74 Å². The monoisotopic (exact) mass is 331 g/mol. The van der Waals surface area contributed by atoms with E-state index in [0.717, 1.165) is 58.0 Å². The Bertz CT molecular complexity index is 457. The quantitative estimate of drug-likeness (QED) is 0.748.